The molecular weight excluding hydrogens is 391 g/mol. The fourth-order valence-corrected chi connectivity index (χ4v) is 3.01. The number of piperazine rings is 1. The molecule has 2 aromatic rings. The van der Waals surface area contributed by atoms with E-state index in [4.69, 9.17) is 4.42 Å². The molecule has 1 aliphatic rings. The van der Waals surface area contributed by atoms with E-state index in [2.05, 4.69) is 5.32 Å². The van der Waals surface area contributed by atoms with E-state index in [1.807, 2.05) is 0 Å². The van der Waals surface area contributed by atoms with Crippen molar-refractivity contribution in [3.05, 3.63) is 59.5 Å². The lowest BCUT2D eigenvalue weighted by Gasteiger charge is -2.35. The number of halogens is 3. The summed E-state index contributed by atoms with van der Waals surface area (Å²) < 4.78 is 44.3. The first kappa shape index (κ1) is 20.4. The predicted octanol–water partition coefficient (Wildman–Crippen LogP) is 2.01. The first-order valence-corrected chi connectivity index (χ1v) is 8.82. The lowest BCUT2D eigenvalue weighted by molar-refractivity contribution is -0.138. The summed E-state index contributed by atoms with van der Waals surface area (Å²) in [5.74, 6) is -1.53. The monoisotopic (exact) mass is 409 g/mol. The van der Waals surface area contributed by atoms with Crippen LogP contribution in [0.15, 0.2) is 47.1 Å². The molecule has 1 aromatic heterocycles. The largest absolute Gasteiger partial charge is 0.459 e. The van der Waals surface area contributed by atoms with Crippen LogP contribution in [0, 0.1) is 0 Å². The van der Waals surface area contributed by atoms with Gasteiger partial charge in [-0.2, -0.15) is 13.2 Å². The topological polar surface area (TPSA) is 82.9 Å². The molecule has 0 unspecified atom stereocenters. The molecule has 0 saturated carbocycles. The van der Waals surface area contributed by atoms with Gasteiger partial charge in [0.1, 0.15) is 0 Å². The van der Waals surface area contributed by atoms with Gasteiger partial charge in [0.15, 0.2) is 5.76 Å². The van der Waals surface area contributed by atoms with Crippen molar-refractivity contribution in [2.24, 2.45) is 0 Å². The van der Waals surface area contributed by atoms with Gasteiger partial charge in [-0.25, -0.2) is 0 Å². The molecule has 0 atom stereocenters. The molecule has 154 valence electrons. The Bertz CT molecular complexity index is 888. The smallest absolute Gasteiger partial charge is 0.417 e. The number of amides is 3. The van der Waals surface area contributed by atoms with Crippen LogP contribution < -0.4 is 5.32 Å². The molecule has 3 rings (SSSR count). The Morgan fingerprint density at radius 2 is 1.62 bits per heavy atom. The van der Waals surface area contributed by atoms with Crippen molar-refractivity contribution in [1.29, 1.82) is 0 Å². The second-order valence-electron chi connectivity index (χ2n) is 6.38. The Hall–Kier alpha value is -3.30. The van der Waals surface area contributed by atoms with Crippen molar-refractivity contribution in [2.75, 3.05) is 32.7 Å². The number of hydrogen-bond acceptors (Lipinski definition) is 4. The van der Waals surface area contributed by atoms with Gasteiger partial charge in [0.25, 0.3) is 11.8 Å². The van der Waals surface area contributed by atoms with Crippen LogP contribution in [0.3, 0.4) is 0 Å². The summed E-state index contributed by atoms with van der Waals surface area (Å²) in [4.78, 5) is 39.3. The van der Waals surface area contributed by atoms with Crippen molar-refractivity contribution < 1.29 is 32.0 Å². The average Bonchev–Trinajstić information content (AvgIpc) is 3.26. The van der Waals surface area contributed by atoms with Crippen molar-refractivity contribution in [3.63, 3.8) is 0 Å². The quantitative estimate of drug-likeness (QED) is 0.838. The van der Waals surface area contributed by atoms with E-state index in [0.29, 0.717) is 0 Å². The minimum Gasteiger partial charge on any atom is -0.459 e. The number of hydrogen-bond donors (Lipinski definition) is 1. The molecule has 1 aromatic carbocycles. The first-order valence-electron chi connectivity index (χ1n) is 8.82. The third kappa shape index (κ3) is 4.76. The van der Waals surface area contributed by atoms with Crippen molar-refractivity contribution in [3.8, 4) is 0 Å². The van der Waals surface area contributed by atoms with Gasteiger partial charge in [-0.3, -0.25) is 14.4 Å². The number of nitrogens with one attached hydrogen (secondary N) is 1. The van der Waals surface area contributed by atoms with Crippen LogP contribution >= 0.6 is 0 Å². The van der Waals surface area contributed by atoms with Crippen LogP contribution in [0.1, 0.15) is 26.5 Å². The van der Waals surface area contributed by atoms with Gasteiger partial charge in [0, 0.05) is 26.2 Å². The SMILES string of the molecule is O=C(NCC(=O)N1CCN(C(=O)c2ccccc2C(F)(F)F)CC1)c1ccco1. The Morgan fingerprint density at radius 3 is 2.24 bits per heavy atom. The Balaban J connectivity index is 1.55. The molecular formula is C19H18F3N3O4. The van der Waals surface area contributed by atoms with Crippen molar-refractivity contribution >= 4 is 17.7 Å². The number of furan rings is 1. The van der Waals surface area contributed by atoms with Crippen molar-refractivity contribution in [1.82, 2.24) is 15.1 Å². The van der Waals surface area contributed by atoms with E-state index in [1.54, 1.807) is 6.07 Å². The summed E-state index contributed by atoms with van der Waals surface area (Å²) in [5.41, 5.74) is -1.39. The molecule has 10 heteroatoms. The fourth-order valence-electron chi connectivity index (χ4n) is 3.01. The molecule has 1 fully saturated rings. The van der Waals surface area contributed by atoms with E-state index in [9.17, 15) is 27.6 Å². The number of carbonyl (C=O) groups excluding carboxylic acids is 3. The standard InChI is InChI=1S/C19H18F3N3O4/c20-19(21,22)14-5-2-1-4-13(14)18(28)25-9-7-24(8-10-25)16(26)12-23-17(27)15-6-3-11-29-15/h1-6,11H,7-10,12H2,(H,23,27). The summed E-state index contributed by atoms with van der Waals surface area (Å²) in [7, 11) is 0. The van der Waals surface area contributed by atoms with Gasteiger partial charge >= 0.3 is 6.18 Å². The Kier molecular flexibility index (Phi) is 5.90. The van der Waals surface area contributed by atoms with E-state index in [1.165, 1.54) is 34.3 Å². The highest BCUT2D eigenvalue weighted by Crippen LogP contribution is 2.32. The second-order valence-corrected chi connectivity index (χ2v) is 6.38. The molecule has 3 amide bonds. The Morgan fingerprint density at radius 1 is 0.966 bits per heavy atom. The van der Waals surface area contributed by atoms with Crippen LogP contribution in [0.25, 0.3) is 0 Å². The second kappa shape index (κ2) is 8.38. The van der Waals surface area contributed by atoms with Gasteiger partial charge in [0.05, 0.1) is 23.9 Å². The maximum atomic E-state index is 13.1. The van der Waals surface area contributed by atoms with E-state index >= 15 is 0 Å². The lowest BCUT2D eigenvalue weighted by Crippen LogP contribution is -2.52. The van der Waals surface area contributed by atoms with E-state index in [0.717, 1.165) is 12.1 Å². The Labute approximate surface area is 164 Å². The van der Waals surface area contributed by atoms with Gasteiger partial charge < -0.3 is 19.5 Å². The number of alkyl halides is 3. The molecule has 0 aliphatic carbocycles. The van der Waals surface area contributed by atoms with Gasteiger partial charge in [-0.05, 0) is 24.3 Å². The minimum atomic E-state index is -4.63. The molecule has 29 heavy (non-hydrogen) atoms. The summed E-state index contributed by atoms with van der Waals surface area (Å²) >= 11 is 0. The number of carbonyl (C=O) groups is 3. The van der Waals surface area contributed by atoms with Gasteiger partial charge in [-0.15, -0.1) is 0 Å². The normalized spacial score (nSPS) is 14.6. The summed E-state index contributed by atoms with van der Waals surface area (Å²) in [6, 6.07) is 7.63. The van der Waals surface area contributed by atoms with Gasteiger partial charge in [0.2, 0.25) is 5.91 Å². The molecule has 1 N–H and O–H groups in total. The van der Waals surface area contributed by atoms with Crippen LogP contribution in [0.5, 0.6) is 0 Å². The lowest BCUT2D eigenvalue weighted by atomic mass is 10.1. The average molecular weight is 409 g/mol. The third-order valence-corrected chi connectivity index (χ3v) is 4.53. The van der Waals surface area contributed by atoms with E-state index < -0.39 is 29.1 Å². The summed E-state index contributed by atoms with van der Waals surface area (Å²) in [6.45, 7) is 0.279. The molecule has 7 nitrogen and oxygen atoms in total. The highest BCUT2D eigenvalue weighted by molar-refractivity contribution is 5.96. The highest BCUT2D eigenvalue weighted by Gasteiger charge is 2.36. The number of nitrogens with zero attached hydrogens (tertiary/aromatic N) is 2. The molecule has 1 saturated heterocycles. The fraction of sp³-hybridized carbons (Fsp3) is 0.316. The summed E-state index contributed by atoms with van der Waals surface area (Å²) in [5, 5.41) is 2.44. The van der Waals surface area contributed by atoms with Gasteiger partial charge in [-0.1, -0.05) is 12.1 Å². The molecule has 0 radical (unpaired) electrons. The summed E-state index contributed by atoms with van der Waals surface area (Å²) in [6.07, 6.45) is -3.29. The highest BCUT2D eigenvalue weighted by atomic mass is 19.4. The minimum absolute atomic E-state index is 0.0801. The maximum absolute atomic E-state index is 13.1. The number of benzene rings is 1. The predicted molar refractivity (Wildman–Crippen MR) is 95.0 cm³/mol. The zero-order chi connectivity index (χ0) is 21.0. The third-order valence-electron chi connectivity index (χ3n) is 4.53. The zero-order valence-electron chi connectivity index (χ0n) is 15.2. The van der Waals surface area contributed by atoms with Crippen LogP contribution in [0.2, 0.25) is 0 Å². The van der Waals surface area contributed by atoms with Crippen LogP contribution in [-0.2, 0) is 11.0 Å². The molecule has 0 spiro atoms. The van der Waals surface area contributed by atoms with E-state index in [-0.39, 0.29) is 44.4 Å². The molecule has 0 bridgehead atoms. The zero-order valence-corrected chi connectivity index (χ0v) is 15.2. The van der Waals surface area contributed by atoms with Crippen LogP contribution in [-0.4, -0.2) is 60.2 Å². The van der Waals surface area contributed by atoms with Crippen molar-refractivity contribution in [2.45, 2.75) is 6.18 Å². The first-order chi connectivity index (χ1) is 13.8. The maximum Gasteiger partial charge on any atom is 0.417 e. The molecule has 1 aliphatic heterocycles. The molecule has 2 heterocycles. The van der Waals surface area contributed by atoms with Crippen LogP contribution in [0.4, 0.5) is 13.2 Å². The number of rotatable bonds is 4.